The fourth-order valence-electron chi connectivity index (χ4n) is 1.71. The number of unbranched alkanes of at least 4 members (excludes halogenated alkanes) is 1. The van der Waals surface area contributed by atoms with Gasteiger partial charge in [-0.25, -0.2) is 8.42 Å². The highest BCUT2D eigenvalue weighted by molar-refractivity contribution is 7.89. The number of sulfonamides is 1. The van der Waals surface area contributed by atoms with E-state index in [-0.39, 0.29) is 11.8 Å². The van der Waals surface area contributed by atoms with Crippen molar-refractivity contribution in [2.75, 3.05) is 18.7 Å². The third-order valence-electron chi connectivity index (χ3n) is 3.05. The lowest BCUT2D eigenvalue weighted by molar-refractivity contribution is 0.397. The van der Waals surface area contributed by atoms with Crippen LogP contribution < -0.4 is 0 Å². The molecule has 0 aliphatic heterocycles. The Hall–Kier alpha value is -0.580. The first kappa shape index (κ1) is 15.5. The summed E-state index contributed by atoms with van der Waals surface area (Å²) in [4.78, 5) is 0. The Bertz CT molecular complexity index is 447. The number of nitrogens with zero attached hydrogens (tertiary/aromatic N) is 1. The SMILES string of the molecule is CC(c1ccccc1)N(C)S(=O)(=O)CCCCCl. The molecule has 0 amide bonds. The summed E-state index contributed by atoms with van der Waals surface area (Å²) in [5.74, 6) is 0.668. The van der Waals surface area contributed by atoms with Gasteiger partial charge in [-0.2, -0.15) is 4.31 Å². The van der Waals surface area contributed by atoms with E-state index in [9.17, 15) is 8.42 Å². The van der Waals surface area contributed by atoms with Gasteiger partial charge in [0.2, 0.25) is 10.0 Å². The Morgan fingerprint density at radius 3 is 2.39 bits per heavy atom. The van der Waals surface area contributed by atoms with Crippen LogP contribution in [0.25, 0.3) is 0 Å². The van der Waals surface area contributed by atoms with E-state index in [1.807, 2.05) is 37.3 Å². The van der Waals surface area contributed by atoms with Gasteiger partial charge in [-0.05, 0) is 25.3 Å². The largest absolute Gasteiger partial charge is 0.214 e. The van der Waals surface area contributed by atoms with Gasteiger partial charge in [-0.15, -0.1) is 11.6 Å². The minimum atomic E-state index is -3.21. The molecule has 0 saturated carbocycles. The van der Waals surface area contributed by atoms with Crippen LogP contribution in [0.1, 0.15) is 31.4 Å². The second-order valence-electron chi connectivity index (χ2n) is 4.31. The van der Waals surface area contributed by atoms with Crippen molar-refractivity contribution in [3.05, 3.63) is 35.9 Å². The second-order valence-corrected chi connectivity index (χ2v) is 6.84. The van der Waals surface area contributed by atoms with E-state index in [1.54, 1.807) is 7.05 Å². The maximum atomic E-state index is 12.1. The Morgan fingerprint density at radius 2 is 1.83 bits per heavy atom. The lowest BCUT2D eigenvalue weighted by Gasteiger charge is -2.24. The van der Waals surface area contributed by atoms with Crippen molar-refractivity contribution in [2.45, 2.75) is 25.8 Å². The molecule has 0 heterocycles. The molecule has 0 radical (unpaired) electrons. The molecule has 1 unspecified atom stereocenters. The summed E-state index contributed by atoms with van der Waals surface area (Å²) < 4.78 is 25.6. The normalized spacial score (nSPS) is 13.8. The van der Waals surface area contributed by atoms with Gasteiger partial charge in [0.25, 0.3) is 0 Å². The second kappa shape index (κ2) is 7.12. The standard InChI is InChI=1S/C13H20ClNO2S/c1-12(13-8-4-3-5-9-13)15(2)18(16,17)11-7-6-10-14/h3-5,8-9,12H,6-7,10-11H2,1-2H3. The summed E-state index contributed by atoms with van der Waals surface area (Å²) in [6.45, 7) is 1.90. The van der Waals surface area contributed by atoms with E-state index in [1.165, 1.54) is 4.31 Å². The first-order valence-corrected chi connectivity index (χ1v) is 8.20. The highest BCUT2D eigenvalue weighted by Crippen LogP contribution is 2.21. The van der Waals surface area contributed by atoms with E-state index in [0.29, 0.717) is 12.3 Å². The minimum absolute atomic E-state index is 0.146. The lowest BCUT2D eigenvalue weighted by atomic mass is 10.1. The lowest BCUT2D eigenvalue weighted by Crippen LogP contribution is -2.31. The average molecular weight is 290 g/mol. The molecule has 0 aromatic heterocycles. The molecule has 0 aliphatic carbocycles. The highest BCUT2D eigenvalue weighted by Gasteiger charge is 2.23. The molecular formula is C13H20ClNO2S. The Kier molecular flexibility index (Phi) is 6.12. The number of alkyl halides is 1. The molecule has 1 rings (SSSR count). The van der Waals surface area contributed by atoms with Crippen LogP contribution in [0.3, 0.4) is 0 Å². The number of hydrogen-bond donors (Lipinski definition) is 0. The molecule has 0 spiro atoms. The zero-order valence-electron chi connectivity index (χ0n) is 10.8. The summed E-state index contributed by atoms with van der Waals surface area (Å²) in [5.41, 5.74) is 1.00. The molecule has 0 fully saturated rings. The van der Waals surface area contributed by atoms with Crippen LogP contribution in [0.15, 0.2) is 30.3 Å². The molecule has 0 N–H and O–H groups in total. The zero-order chi connectivity index (χ0) is 13.6. The number of hydrogen-bond acceptors (Lipinski definition) is 2. The van der Waals surface area contributed by atoms with Gasteiger partial charge in [0, 0.05) is 19.0 Å². The molecule has 3 nitrogen and oxygen atoms in total. The van der Waals surface area contributed by atoms with Gasteiger partial charge in [0.15, 0.2) is 0 Å². The Labute approximate surface area is 115 Å². The van der Waals surface area contributed by atoms with Crippen molar-refractivity contribution >= 4 is 21.6 Å². The van der Waals surface area contributed by atoms with Crippen LogP contribution in [-0.4, -0.2) is 31.4 Å². The van der Waals surface area contributed by atoms with E-state index < -0.39 is 10.0 Å². The summed E-state index contributed by atoms with van der Waals surface area (Å²) >= 11 is 5.56. The van der Waals surface area contributed by atoms with Crippen molar-refractivity contribution in [2.24, 2.45) is 0 Å². The topological polar surface area (TPSA) is 37.4 Å². The average Bonchev–Trinajstić information content (AvgIpc) is 2.38. The monoisotopic (exact) mass is 289 g/mol. The van der Waals surface area contributed by atoms with Crippen LogP contribution in [-0.2, 0) is 10.0 Å². The maximum absolute atomic E-state index is 12.1. The molecule has 102 valence electrons. The fourth-order valence-corrected chi connectivity index (χ4v) is 3.35. The summed E-state index contributed by atoms with van der Waals surface area (Å²) in [6, 6.07) is 9.49. The van der Waals surface area contributed by atoms with Gasteiger partial charge in [0.1, 0.15) is 0 Å². The van der Waals surface area contributed by atoms with Gasteiger partial charge >= 0.3 is 0 Å². The predicted octanol–water partition coefficient (Wildman–Crippen LogP) is 3.03. The van der Waals surface area contributed by atoms with Crippen molar-refractivity contribution in [1.82, 2.24) is 4.31 Å². The number of rotatable bonds is 7. The first-order chi connectivity index (χ1) is 8.49. The molecule has 1 aromatic carbocycles. The first-order valence-electron chi connectivity index (χ1n) is 6.05. The van der Waals surface area contributed by atoms with E-state index >= 15 is 0 Å². The number of benzene rings is 1. The van der Waals surface area contributed by atoms with Gasteiger partial charge in [-0.1, -0.05) is 30.3 Å². The van der Waals surface area contributed by atoms with Crippen LogP contribution in [0, 0.1) is 0 Å². The van der Waals surface area contributed by atoms with Gasteiger partial charge in [-0.3, -0.25) is 0 Å². The predicted molar refractivity (Wildman–Crippen MR) is 76.4 cm³/mol. The van der Waals surface area contributed by atoms with Crippen LogP contribution in [0.5, 0.6) is 0 Å². The Morgan fingerprint density at radius 1 is 1.22 bits per heavy atom. The fraction of sp³-hybridized carbons (Fsp3) is 0.538. The van der Waals surface area contributed by atoms with Crippen LogP contribution in [0.2, 0.25) is 0 Å². The van der Waals surface area contributed by atoms with Crippen molar-refractivity contribution < 1.29 is 8.42 Å². The van der Waals surface area contributed by atoms with Crippen molar-refractivity contribution in [3.8, 4) is 0 Å². The zero-order valence-corrected chi connectivity index (χ0v) is 12.4. The molecule has 0 aliphatic rings. The molecule has 5 heteroatoms. The summed E-state index contributed by atoms with van der Waals surface area (Å²) in [7, 11) is -1.57. The molecule has 1 aromatic rings. The van der Waals surface area contributed by atoms with Gasteiger partial charge < -0.3 is 0 Å². The van der Waals surface area contributed by atoms with Crippen molar-refractivity contribution in [3.63, 3.8) is 0 Å². The van der Waals surface area contributed by atoms with E-state index in [4.69, 9.17) is 11.6 Å². The third-order valence-corrected chi connectivity index (χ3v) is 5.32. The maximum Gasteiger partial charge on any atom is 0.214 e. The molecule has 0 saturated heterocycles. The molecular weight excluding hydrogens is 270 g/mol. The molecule has 0 bridgehead atoms. The van der Waals surface area contributed by atoms with Crippen LogP contribution >= 0.6 is 11.6 Å². The Balaban J connectivity index is 2.71. The number of halogens is 1. The van der Waals surface area contributed by atoms with Crippen LogP contribution in [0.4, 0.5) is 0 Å². The van der Waals surface area contributed by atoms with E-state index in [0.717, 1.165) is 12.0 Å². The quantitative estimate of drug-likeness (QED) is 0.571. The van der Waals surface area contributed by atoms with E-state index in [2.05, 4.69) is 0 Å². The smallest absolute Gasteiger partial charge is 0.212 e. The van der Waals surface area contributed by atoms with Crippen molar-refractivity contribution in [1.29, 1.82) is 0 Å². The third kappa shape index (κ3) is 4.26. The highest BCUT2D eigenvalue weighted by atomic mass is 35.5. The summed E-state index contributed by atoms with van der Waals surface area (Å²) in [5, 5.41) is 0. The summed E-state index contributed by atoms with van der Waals surface area (Å²) in [6.07, 6.45) is 1.34. The minimum Gasteiger partial charge on any atom is -0.212 e. The molecule has 1 atom stereocenters. The molecule has 18 heavy (non-hydrogen) atoms. The van der Waals surface area contributed by atoms with Gasteiger partial charge in [0.05, 0.1) is 5.75 Å².